The molecule has 6 nitrogen and oxygen atoms in total. The van der Waals surface area contributed by atoms with Crippen LogP contribution in [0.5, 0.6) is 5.75 Å². The Morgan fingerprint density at radius 1 is 1.05 bits per heavy atom. The number of Topliss-reactive ketones (excluding diaryl/α,β-unsaturated/α-hetero) is 1. The minimum Gasteiger partial charge on any atom is -0.507 e. The van der Waals surface area contributed by atoms with Gasteiger partial charge in [0.05, 0.1) is 17.5 Å². The summed E-state index contributed by atoms with van der Waals surface area (Å²) < 4.78 is 0. The van der Waals surface area contributed by atoms with Crippen LogP contribution in [0.4, 0.5) is 5.69 Å². The van der Waals surface area contributed by atoms with Gasteiger partial charge < -0.3 is 5.11 Å². The van der Waals surface area contributed by atoms with E-state index in [1.54, 1.807) is 49.4 Å². The van der Waals surface area contributed by atoms with Crippen LogP contribution < -0.4 is 4.90 Å². The number of fused-ring (bicyclic) bond motifs is 3. The summed E-state index contributed by atoms with van der Waals surface area (Å²) >= 11 is 6.03. The Morgan fingerprint density at radius 2 is 1.79 bits per heavy atom. The zero-order chi connectivity index (χ0) is 27.6. The van der Waals surface area contributed by atoms with Crippen molar-refractivity contribution in [3.8, 4) is 5.75 Å². The number of para-hydroxylation sites is 1. The van der Waals surface area contributed by atoms with Crippen LogP contribution in [0.1, 0.15) is 36.8 Å². The first-order valence-electron chi connectivity index (χ1n) is 13.0. The van der Waals surface area contributed by atoms with Gasteiger partial charge in [0.2, 0.25) is 11.8 Å². The maximum Gasteiger partial charge on any atom is 0.238 e. The second-order valence-corrected chi connectivity index (χ2v) is 11.0. The fourth-order valence-electron chi connectivity index (χ4n) is 6.75. The van der Waals surface area contributed by atoms with Crippen molar-refractivity contribution >= 4 is 40.7 Å². The van der Waals surface area contributed by atoms with E-state index in [1.165, 1.54) is 11.0 Å². The minimum atomic E-state index is -0.697. The van der Waals surface area contributed by atoms with Crippen molar-refractivity contribution in [2.45, 2.75) is 32.1 Å². The fourth-order valence-corrected chi connectivity index (χ4v) is 6.87. The van der Waals surface area contributed by atoms with Crippen molar-refractivity contribution in [1.29, 1.82) is 0 Å². The highest BCUT2D eigenvalue weighted by atomic mass is 35.5. The van der Waals surface area contributed by atoms with E-state index in [4.69, 9.17) is 11.6 Å². The molecule has 4 aliphatic rings. The molecule has 39 heavy (non-hydrogen) atoms. The van der Waals surface area contributed by atoms with E-state index in [2.05, 4.69) is 6.58 Å². The third-order valence-corrected chi connectivity index (χ3v) is 8.73. The summed E-state index contributed by atoms with van der Waals surface area (Å²) in [5.41, 5.74) is 3.48. The van der Waals surface area contributed by atoms with Gasteiger partial charge >= 0.3 is 0 Å². The molecule has 7 heteroatoms. The van der Waals surface area contributed by atoms with Crippen LogP contribution in [0.25, 0.3) is 0 Å². The summed E-state index contributed by atoms with van der Waals surface area (Å²) in [6, 6.07) is 11.9. The summed E-state index contributed by atoms with van der Waals surface area (Å²) in [4.78, 5) is 55.5. The quantitative estimate of drug-likeness (QED) is 0.319. The molecule has 1 aliphatic heterocycles. The van der Waals surface area contributed by atoms with Crippen molar-refractivity contribution in [3.63, 3.8) is 0 Å². The zero-order valence-corrected chi connectivity index (χ0v) is 22.1. The Balaban J connectivity index is 1.50. The lowest BCUT2D eigenvalue weighted by Gasteiger charge is -2.42. The first kappa shape index (κ1) is 25.3. The first-order chi connectivity index (χ1) is 18.7. The van der Waals surface area contributed by atoms with Crippen molar-refractivity contribution < 1.29 is 24.3 Å². The second-order valence-electron chi connectivity index (χ2n) is 10.6. The van der Waals surface area contributed by atoms with Crippen LogP contribution in [-0.2, 0) is 25.6 Å². The van der Waals surface area contributed by atoms with Gasteiger partial charge in [0.25, 0.3) is 0 Å². The number of imide groups is 1. The number of anilines is 1. The molecular formula is C32H26ClNO5. The number of hydrogen-bond donors (Lipinski definition) is 1. The third kappa shape index (κ3) is 3.77. The van der Waals surface area contributed by atoms with E-state index in [0.717, 1.165) is 5.57 Å². The van der Waals surface area contributed by atoms with Gasteiger partial charge in [0, 0.05) is 33.2 Å². The lowest BCUT2D eigenvalue weighted by molar-refractivity contribution is -0.123. The summed E-state index contributed by atoms with van der Waals surface area (Å²) in [5.74, 6) is -3.48. The first-order valence-corrected chi connectivity index (χ1v) is 13.4. The predicted octanol–water partition coefficient (Wildman–Crippen LogP) is 5.41. The molecule has 4 unspecified atom stereocenters. The number of ketones is 2. The molecule has 1 N–H and O–H groups in total. The molecule has 0 radical (unpaired) electrons. The average Bonchev–Trinajstić information content (AvgIpc) is 3.18. The highest BCUT2D eigenvalue weighted by Gasteiger charge is 2.56. The molecule has 2 aromatic carbocycles. The molecule has 0 bridgehead atoms. The number of halogens is 1. The van der Waals surface area contributed by atoms with Crippen LogP contribution in [0.3, 0.4) is 0 Å². The summed E-state index contributed by atoms with van der Waals surface area (Å²) in [6.07, 6.45) is 5.94. The van der Waals surface area contributed by atoms with E-state index < -0.39 is 23.7 Å². The number of carbonyl (C=O) groups excluding carboxylic acids is 4. The number of amides is 2. The molecule has 2 aromatic rings. The van der Waals surface area contributed by atoms with Crippen molar-refractivity contribution in [2.75, 3.05) is 4.90 Å². The van der Waals surface area contributed by atoms with Gasteiger partial charge in [-0.05, 0) is 68.0 Å². The van der Waals surface area contributed by atoms with E-state index in [0.29, 0.717) is 51.4 Å². The molecular weight excluding hydrogens is 514 g/mol. The molecule has 0 saturated carbocycles. The average molecular weight is 540 g/mol. The Bertz CT molecular complexity index is 1580. The molecule has 1 saturated heterocycles. The number of rotatable bonds is 4. The van der Waals surface area contributed by atoms with Gasteiger partial charge in [-0.25, -0.2) is 0 Å². The Labute approximate surface area is 231 Å². The smallest absolute Gasteiger partial charge is 0.238 e. The van der Waals surface area contributed by atoms with Gasteiger partial charge in [0.1, 0.15) is 5.75 Å². The SMILES string of the molecule is C=CCc1cccc(C2C3=CCC4C(=O)N(c5ccc(Cl)cc5)C(=O)C4C3CC3=C2C(=O)C=C(C)C3=O)c1O. The summed E-state index contributed by atoms with van der Waals surface area (Å²) in [6.45, 7) is 5.38. The Kier molecular flexibility index (Phi) is 6.03. The van der Waals surface area contributed by atoms with Crippen molar-refractivity contribution in [3.05, 3.63) is 106 Å². The van der Waals surface area contributed by atoms with E-state index >= 15 is 0 Å². The highest BCUT2D eigenvalue weighted by molar-refractivity contribution is 6.31. The monoisotopic (exact) mass is 539 g/mol. The lowest BCUT2D eigenvalue weighted by Crippen LogP contribution is -2.39. The van der Waals surface area contributed by atoms with Crippen LogP contribution in [0.2, 0.25) is 5.02 Å². The topological polar surface area (TPSA) is 91.8 Å². The molecule has 6 rings (SSSR count). The number of phenolic OH excluding ortho intramolecular Hbond substituents is 1. The van der Waals surface area contributed by atoms with Gasteiger partial charge in [-0.1, -0.05) is 47.5 Å². The summed E-state index contributed by atoms with van der Waals surface area (Å²) in [5, 5.41) is 11.8. The number of allylic oxidation sites excluding steroid dienone is 7. The minimum absolute atomic E-state index is 0.0427. The molecule has 4 atom stereocenters. The third-order valence-electron chi connectivity index (χ3n) is 8.47. The molecule has 3 aliphatic carbocycles. The molecule has 2 amide bonds. The number of hydrogen-bond acceptors (Lipinski definition) is 5. The number of aromatic hydroxyl groups is 1. The standard InChI is InChI=1S/C32H26ClNO5/c1-3-5-17-6-4-7-21(30(17)37)26-20-12-13-22-27(23(20)15-24-28(26)25(35)14-16(2)29(24)36)32(39)34(31(22)38)19-10-8-18(33)9-11-19/h3-4,6-12,14,22-23,26-27,37H,1,5,13,15H2,2H3. The number of carbonyl (C=O) groups is 4. The van der Waals surface area contributed by atoms with E-state index in [9.17, 15) is 24.3 Å². The number of benzene rings is 2. The number of phenols is 1. The maximum atomic E-state index is 13.9. The fraction of sp³-hybridized carbons (Fsp3) is 0.250. The Morgan fingerprint density at radius 3 is 2.51 bits per heavy atom. The van der Waals surface area contributed by atoms with Crippen LogP contribution in [-0.4, -0.2) is 28.5 Å². The lowest BCUT2D eigenvalue weighted by atomic mass is 9.59. The van der Waals surface area contributed by atoms with E-state index in [1.807, 2.05) is 12.1 Å². The van der Waals surface area contributed by atoms with Crippen LogP contribution >= 0.6 is 11.6 Å². The van der Waals surface area contributed by atoms with E-state index in [-0.39, 0.29) is 35.6 Å². The Hall–Kier alpha value is -4.03. The molecule has 1 fully saturated rings. The highest BCUT2D eigenvalue weighted by Crippen LogP contribution is 2.56. The number of nitrogens with zero attached hydrogens (tertiary/aromatic N) is 1. The zero-order valence-electron chi connectivity index (χ0n) is 21.3. The second kappa shape index (κ2) is 9.31. The normalized spacial score (nSPS) is 26.2. The molecule has 1 heterocycles. The molecule has 196 valence electrons. The van der Waals surface area contributed by atoms with Gasteiger partial charge in [-0.3, -0.25) is 24.1 Å². The summed E-state index contributed by atoms with van der Waals surface area (Å²) in [7, 11) is 0. The predicted molar refractivity (Wildman–Crippen MR) is 147 cm³/mol. The van der Waals surface area contributed by atoms with Crippen molar-refractivity contribution in [1.82, 2.24) is 0 Å². The molecule has 0 spiro atoms. The van der Waals surface area contributed by atoms with Crippen LogP contribution in [0, 0.1) is 17.8 Å². The van der Waals surface area contributed by atoms with Gasteiger partial charge in [-0.2, -0.15) is 0 Å². The molecule has 0 aromatic heterocycles. The maximum absolute atomic E-state index is 13.9. The van der Waals surface area contributed by atoms with Crippen molar-refractivity contribution in [2.24, 2.45) is 17.8 Å². The van der Waals surface area contributed by atoms with Gasteiger partial charge in [0.15, 0.2) is 11.6 Å². The van der Waals surface area contributed by atoms with Gasteiger partial charge in [-0.15, -0.1) is 6.58 Å². The van der Waals surface area contributed by atoms with Crippen LogP contribution in [0.15, 0.2) is 89.6 Å². The largest absolute Gasteiger partial charge is 0.507 e.